The van der Waals surface area contributed by atoms with Crippen LogP contribution in [0.1, 0.15) is 0 Å². The van der Waals surface area contributed by atoms with Gasteiger partial charge in [-0.1, -0.05) is 0 Å². The number of hydrogen-bond donors (Lipinski definition) is 3. The molecule has 1 heterocycles. The van der Waals surface area contributed by atoms with Gasteiger partial charge < -0.3 is 4.89 Å². The third-order valence-electron chi connectivity index (χ3n) is 0.689. The highest BCUT2D eigenvalue weighted by atomic mass is 31.2. The highest BCUT2D eigenvalue weighted by Gasteiger charge is 2.23. The van der Waals surface area contributed by atoms with Crippen molar-refractivity contribution in [3.8, 4) is 0 Å². The Kier molecular flexibility index (Phi) is 2.18. The van der Waals surface area contributed by atoms with E-state index in [1.165, 1.54) is 0 Å². The second kappa shape index (κ2) is 2.74. The molecule has 0 unspecified atom stereocenters. The lowest BCUT2D eigenvalue weighted by Crippen LogP contribution is -2.19. The van der Waals surface area contributed by atoms with E-state index in [1.54, 1.807) is 0 Å². The van der Waals surface area contributed by atoms with Gasteiger partial charge in [0.25, 0.3) is 0 Å². The van der Waals surface area contributed by atoms with Gasteiger partial charge in [0.1, 0.15) is 0 Å². The van der Waals surface area contributed by atoms with Crippen LogP contribution in [0.5, 0.6) is 0 Å². The summed E-state index contributed by atoms with van der Waals surface area (Å²) in [6.07, 6.45) is 0. The van der Waals surface area contributed by atoms with E-state index in [-0.39, 0.29) is 0 Å². The van der Waals surface area contributed by atoms with Crippen LogP contribution < -0.4 is 11.0 Å². The van der Waals surface area contributed by atoms with Gasteiger partial charge >= 0.3 is 7.82 Å². The summed E-state index contributed by atoms with van der Waals surface area (Å²) in [5, 5.41) is 0. The summed E-state index contributed by atoms with van der Waals surface area (Å²) in [5.74, 6) is 0. The Morgan fingerprint density at radius 3 is 2.22 bits per heavy atom. The molecular weight excluding hydrogens is 147 g/mol. The zero-order valence-electron chi connectivity index (χ0n) is 4.53. The molecule has 1 aliphatic rings. The molecular formula is C2H7N2O4P. The largest absolute Gasteiger partial charge is 0.505 e. The first kappa shape index (κ1) is 7.14. The van der Waals surface area contributed by atoms with Crippen molar-refractivity contribution >= 4 is 7.82 Å². The molecule has 54 valence electrons. The Morgan fingerprint density at radius 2 is 1.78 bits per heavy atom. The topological polar surface area (TPSA) is 79.8 Å². The smallest absolute Gasteiger partial charge is 0.301 e. The first-order chi connectivity index (χ1) is 4.21. The van der Waals surface area contributed by atoms with Crippen molar-refractivity contribution in [1.82, 2.24) is 11.0 Å². The van der Waals surface area contributed by atoms with Crippen molar-refractivity contribution in [3.05, 3.63) is 0 Å². The molecule has 0 bridgehead atoms. The molecule has 6 nitrogen and oxygen atoms in total. The standard InChI is InChI=1S/C2H7N2O4P/c5-9(6)7-3-1-2-4-8-9/h3-4H,1-2H2,(H,5,6). The van der Waals surface area contributed by atoms with E-state index in [0.717, 1.165) is 0 Å². The summed E-state index contributed by atoms with van der Waals surface area (Å²) >= 11 is 0. The fourth-order valence-electron chi connectivity index (χ4n) is 0.375. The van der Waals surface area contributed by atoms with Crippen molar-refractivity contribution in [2.45, 2.75) is 0 Å². The van der Waals surface area contributed by atoms with Gasteiger partial charge in [0.2, 0.25) is 0 Å². The van der Waals surface area contributed by atoms with Gasteiger partial charge in [-0.2, -0.15) is 20.2 Å². The Hall–Kier alpha value is 0.0300. The SMILES string of the molecule is O=P1(O)ONCCNO1. The summed E-state index contributed by atoms with van der Waals surface area (Å²) < 4.78 is 18.8. The van der Waals surface area contributed by atoms with E-state index in [1.807, 2.05) is 0 Å². The van der Waals surface area contributed by atoms with E-state index in [2.05, 4.69) is 20.2 Å². The number of nitrogens with one attached hydrogen (secondary N) is 2. The predicted molar refractivity (Wildman–Crippen MR) is 28.0 cm³/mol. The van der Waals surface area contributed by atoms with E-state index < -0.39 is 7.82 Å². The molecule has 0 aromatic carbocycles. The Labute approximate surface area is 51.7 Å². The minimum Gasteiger partial charge on any atom is -0.301 e. The quantitative estimate of drug-likeness (QED) is 0.394. The summed E-state index contributed by atoms with van der Waals surface area (Å²) in [6, 6.07) is 0. The van der Waals surface area contributed by atoms with Crippen LogP contribution in [-0.4, -0.2) is 18.0 Å². The van der Waals surface area contributed by atoms with Crippen LogP contribution in [0, 0.1) is 0 Å². The highest BCUT2D eigenvalue weighted by Crippen LogP contribution is 2.40. The van der Waals surface area contributed by atoms with Crippen LogP contribution in [0.15, 0.2) is 0 Å². The molecule has 7 heteroatoms. The molecule has 3 N–H and O–H groups in total. The zero-order valence-corrected chi connectivity index (χ0v) is 5.43. The predicted octanol–water partition coefficient (Wildman–Crippen LogP) is -0.857. The van der Waals surface area contributed by atoms with E-state index >= 15 is 0 Å². The molecule has 0 atom stereocenters. The fraction of sp³-hybridized carbons (Fsp3) is 1.00. The van der Waals surface area contributed by atoms with Gasteiger partial charge in [-0.3, -0.25) is 0 Å². The normalized spacial score (nSPS) is 27.2. The first-order valence-corrected chi connectivity index (χ1v) is 3.86. The minimum atomic E-state index is -3.85. The number of phosphoric acid groups is 1. The zero-order chi connectivity index (χ0) is 6.74. The number of hydroxylamine groups is 2. The Bertz CT molecular complexity index is 127. The van der Waals surface area contributed by atoms with Gasteiger partial charge in [0.15, 0.2) is 0 Å². The van der Waals surface area contributed by atoms with Gasteiger partial charge in [0, 0.05) is 13.1 Å². The van der Waals surface area contributed by atoms with Crippen molar-refractivity contribution < 1.29 is 18.7 Å². The van der Waals surface area contributed by atoms with Crippen LogP contribution in [0.2, 0.25) is 0 Å². The molecule has 0 aliphatic carbocycles. The summed E-state index contributed by atoms with van der Waals surface area (Å²) in [4.78, 5) is 8.54. The van der Waals surface area contributed by atoms with E-state index in [4.69, 9.17) is 4.89 Å². The van der Waals surface area contributed by atoms with Gasteiger partial charge in [-0.25, -0.2) is 4.57 Å². The van der Waals surface area contributed by atoms with Crippen molar-refractivity contribution in [2.75, 3.05) is 13.1 Å². The molecule has 1 aliphatic heterocycles. The summed E-state index contributed by atoms with van der Waals surface area (Å²) in [7, 11) is -3.85. The maximum atomic E-state index is 10.4. The summed E-state index contributed by atoms with van der Waals surface area (Å²) in [6.45, 7) is 0.870. The lowest BCUT2D eigenvalue weighted by Gasteiger charge is -2.04. The van der Waals surface area contributed by atoms with Crippen LogP contribution in [0.3, 0.4) is 0 Å². The average Bonchev–Trinajstić information content (AvgIpc) is 1.92. The Morgan fingerprint density at radius 1 is 1.33 bits per heavy atom. The first-order valence-electron chi connectivity index (χ1n) is 2.36. The summed E-state index contributed by atoms with van der Waals surface area (Å²) in [5.41, 5.74) is 4.47. The lowest BCUT2D eigenvalue weighted by molar-refractivity contribution is 0.0975. The second-order valence-electron chi connectivity index (χ2n) is 1.44. The van der Waals surface area contributed by atoms with Crippen LogP contribution in [-0.2, 0) is 13.8 Å². The average molecular weight is 154 g/mol. The molecule has 0 radical (unpaired) electrons. The molecule has 0 saturated carbocycles. The van der Waals surface area contributed by atoms with Gasteiger partial charge in [0.05, 0.1) is 0 Å². The maximum Gasteiger partial charge on any atom is 0.505 e. The number of hydrogen-bond acceptors (Lipinski definition) is 5. The molecule has 1 fully saturated rings. The second-order valence-corrected chi connectivity index (χ2v) is 2.74. The highest BCUT2D eigenvalue weighted by molar-refractivity contribution is 7.47. The molecule has 1 saturated heterocycles. The van der Waals surface area contributed by atoms with Crippen LogP contribution in [0.25, 0.3) is 0 Å². The maximum absolute atomic E-state index is 10.4. The third-order valence-corrected chi connectivity index (χ3v) is 1.41. The van der Waals surface area contributed by atoms with Gasteiger partial charge in [-0.05, 0) is 0 Å². The minimum absolute atomic E-state index is 0.435. The third kappa shape index (κ3) is 2.40. The monoisotopic (exact) mass is 154 g/mol. The molecule has 0 aromatic rings. The van der Waals surface area contributed by atoms with Crippen molar-refractivity contribution in [2.24, 2.45) is 0 Å². The van der Waals surface area contributed by atoms with Crippen molar-refractivity contribution in [1.29, 1.82) is 0 Å². The Balaban J connectivity index is 2.45. The molecule has 1 rings (SSSR count). The van der Waals surface area contributed by atoms with Crippen molar-refractivity contribution in [3.63, 3.8) is 0 Å². The molecule has 0 amide bonds. The molecule has 0 spiro atoms. The molecule has 0 aromatic heterocycles. The molecule has 9 heavy (non-hydrogen) atoms. The lowest BCUT2D eigenvalue weighted by atomic mass is 10.7. The number of rotatable bonds is 0. The van der Waals surface area contributed by atoms with E-state index in [0.29, 0.717) is 13.1 Å². The van der Waals surface area contributed by atoms with E-state index in [9.17, 15) is 4.57 Å². The van der Waals surface area contributed by atoms with Crippen LogP contribution in [0.4, 0.5) is 0 Å². The van der Waals surface area contributed by atoms with Crippen LogP contribution >= 0.6 is 7.82 Å². The van der Waals surface area contributed by atoms with Gasteiger partial charge in [-0.15, -0.1) is 0 Å². The fourth-order valence-corrected chi connectivity index (χ4v) is 0.921.